The maximum Gasteiger partial charge on any atom is 0.333 e. The Bertz CT molecular complexity index is 359. The second-order valence-corrected chi connectivity index (χ2v) is 6.35. The summed E-state index contributed by atoms with van der Waals surface area (Å²) in [6.45, 7) is 11.3. The van der Waals surface area contributed by atoms with E-state index in [1.165, 1.54) is 19.3 Å². The molecule has 0 amide bonds. The minimum Gasteiger partial charge on any atom is -0.459 e. The van der Waals surface area contributed by atoms with Crippen LogP contribution in [0.5, 0.6) is 0 Å². The van der Waals surface area contributed by atoms with E-state index < -0.39 is 0 Å². The predicted octanol–water partition coefficient (Wildman–Crippen LogP) is 4.10. The smallest absolute Gasteiger partial charge is 0.333 e. The lowest BCUT2D eigenvalue weighted by atomic mass is 10.0. The summed E-state index contributed by atoms with van der Waals surface area (Å²) in [5, 5.41) is 6.95. The molecule has 0 saturated heterocycles. The van der Waals surface area contributed by atoms with E-state index >= 15 is 0 Å². The third kappa shape index (κ3) is 13.1. The molecule has 2 N–H and O–H groups in total. The molecule has 1 unspecified atom stereocenters. The van der Waals surface area contributed by atoms with Crippen LogP contribution in [-0.4, -0.2) is 30.3 Å². The first kappa shape index (κ1) is 21.9. The van der Waals surface area contributed by atoms with Crippen LogP contribution < -0.4 is 10.6 Å². The van der Waals surface area contributed by atoms with Gasteiger partial charge in [-0.15, -0.1) is 0 Å². The van der Waals surface area contributed by atoms with Crippen molar-refractivity contribution in [3.8, 4) is 0 Å². The molecule has 0 aliphatic heterocycles. The topological polar surface area (TPSA) is 50.4 Å². The van der Waals surface area contributed by atoms with Gasteiger partial charge >= 0.3 is 5.97 Å². The summed E-state index contributed by atoms with van der Waals surface area (Å²) in [6.07, 6.45) is 8.67. The molecule has 0 rings (SSSR count). The van der Waals surface area contributed by atoms with E-state index in [0.717, 1.165) is 45.2 Å². The number of ether oxygens (including phenoxy) is 1. The highest BCUT2D eigenvalue weighted by molar-refractivity contribution is 7.80. The Kier molecular flexibility index (Phi) is 13.8. The molecule has 23 heavy (non-hydrogen) atoms. The zero-order valence-electron chi connectivity index (χ0n) is 15.1. The Morgan fingerprint density at radius 3 is 2.30 bits per heavy atom. The van der Waals surface area contributed by atoms with Crippen LogP contribution in [0.2, 0.25) is 0 Å². The van der Waals surface area contributed by atoms with Gasteiger partial charge in [-0.2, -0.15) is 0 Å². The van der Waals surface area contributed by atoms with Crippen LogP contribution in [0.15, 0.2) is 12.2 Å². The number of rotatable bonds is 13. The molecule has 0 aromatic rings. The van der Waals surface area contributed by atoms with Gasteiger partial charge in [0.25, 0.3) is 0 Å². The van der Waals surface area contributed by atoms with Crippen molar-refractivity contribution in [2.75, 3.05) is 13.1 Å². The van der Waals surface area contributed by atoms with Crippen molar-refractivity contribution in [1.29, 1.82) is 0 Å². The Balaban J connectivity index is 4.01. The molecule has 5 heteroatoms. The van der Waals surface area contributed by atoms with Gasteiger partial charge in [-0.1, -0.05) is 32.8 Å². The lowest BCUT2D eigenvalue weighted by Gasteiger charge is -2.18. The number of esters is 1. The second kappa shape index (κ2) is 14.5. The van der Waals surface area contributed by atoms with Gasteiger partial charge in [0.1, 0.15) is 6.10 Å². The first-order valence-corrected chi connectivity index (χ1v) is 9.30. The Hall–Kier alpha value is -1.10. The number of hydrogen-bond donors (Lipinski definition) is 2. The van der Waals surface area contributed by atoms with Crippen molar-refractivity contribution < 1.29 is 9.53 Å². The van der Waals surface area contributed by atoms with E-state index in [2.05, 4.69) is 24.1 Å². The zero-order chi connectivity index (χ0) is 17.5. The summed E-state index contributed by atoms with van der Waals surface area (Å²) in [5.41, 5.74) is 0.473. The molecule has 0 radical (unpaired) electrons. The van der Waals surface area contributed by atoms with Gasteiger partial charge in [-0.25, -0.2) is 4.79 Å². The predicted molar refractivity (Wildman–Crippen MR) is 102 cm³/mol. The maximum atomic E-state index is 11.7. The summed E-state index contributed by atoms with van der Waals surface area (Å²) in [4.78, 5) is 11.7. The van der Waals surface area contributed by atoms with Gasteiger partial charge < -0.3 is 15.4 Å². The van der Waals surface area contributed by atoms with E-state index in [4.69, 9.17) is 17.0 Å². The monoisotopic (exact) mass is 342 g/mol. The molecule has 0 saturated carbocycles. The number of hydrogen-bond acceptors (Lipinski definition) is 3. The Labute approximate surface area is 147 Å². The average molecular weight is 343 g/mol. The fourth-order valence-electron chi connectivity index (χ4n) is 2.23. The van der Waals surface area contributed by atoms with Crippen molar-refractivity contribution >= 4 is 23.3 Å². The third-order valence-electron chi connectivity index (χ3n) is 3.58. The van der Waals surface area contributed by atoms with Crippen LogP contribution in [0.4, 0.5) is 0 Å². The molecule has 0 bridgehead atoms. The lowest BCUT2D eigenvalue weighted by molar-refractivity contribution is -0.145. The first-order valence-electron chi connectivity index (χ1n) is 8.89. The molecule has 1 atom stereocenters. The molecule has 0 fully saturated rings. The zero-order valence-corrected chi connectivity index (χ0v) is 15.9. The van der Waals surface area contributed by atoms with Crippen LogP contribution in [0.1, 0.15) is 72.1 Å². The van der Waals surface area contributed by atoms with E-state index in [-0.39, 0.29) is 12.1 Å². The van der Waals surface area contributed by atoms with E-state index in [1.54, 1.807) is 6.92 Å². The van der Waals surface area contributed by atoms with Gasteiger partial charge in [0, 0.05) is 18.7 Å². The summed E-state index contributed by atoms with van der Waals surface area (Å²) >= 11 is 5.12. The molecule has 0 aromatic heterocycles. The van der Waals surface area contributed by atoms with E-state index in [0.29, 0.717) is 10.7 Å². The van der Waals surface area contributed by atoms with Gasteiger partial charge in [0.05, 0.1) is 0 Å². The number of carbonyl (C=O) groups excluding carboxylic acids is 1. The van der Waals surface area contributed by atoms with Crippen molar-refractivity contribution in [1.82, 2.24) is 10.6 Å². The van der Waals surface area contributed by atoms with Crippen molar-refractivity contribution in [2.24, 2.45) is 0 Å². The SMILES string of the molecule is C=C(C)C(=O)OC(CCCCCC)CCCCNC(=S)NCC. The van der Waals surface area contributed by atoms with Crippen LogP contribution in [0.3, 0.4) is 0 Å². The standard InChI is InChI=1S/C18H34N2O2S/c1-5-7-8-9-12-16(22-17(21)15(3)4)13-10-11-14-20-18(23)19-6-2/h16H,3,5-14H2,1-2,4H3,(H2,19,20,23). The van der Waals surface area contributed by atoms with Gasteiger partial charge in [-0.05, 0) is 58.2 Å². The molecule has 0 spiro atoms. The fraction of sp³-hybridized carbons (Fsp3) is 0.778. The average Bonchev–Trinajstić information content (AvgIpc) is 2.50. The highest BCUT2D eigenvalue weighted by Crippen LogP contribution is 2.15. The number of thiocarbonyl (C=S) groups is 1. The van der Waals surface area contributed by atoms with Gasteiger partial charge in [-0.3, -0.25) is 0 Å². The quantitative estimate of drug-likeness (QED) is 0.228. The molecular formula is C18H34N2O2S. The number of unbranched alkanes of at least 4 members (excludes halogenated alkanes) is 4. The summed E-state index contributed by atoms with van der Waals surface area (Å²) in [5.74, 6) is -0.267. The summed E-state index contributed by atoms with van der Waals surface area (Å²) < 4.78 is 5.56. The second-order valence-electron chi connectivity index (χ2n) is 5.94. The Morgan fingerprint density at radius 2 is 1.74 bits per heavy atom. The van der Waals surface area contributed by atoms with E-state index in [1.807, 2.05) is 6.92 Å². The minimum absolute atomic E-state index is 0.0109. The highest BCUT2D eigenvalue weighted by atomic mass is 32.1. The number of nitrogens with one attached hydrogen (secondary N) is 2. The van der Waals surface area contributed by atoms with Crippen LogP contribution in [-0.2, 0) is 9.53 Å². The van der Waals surface area contributed by atoms with Gasteiger partial charge in [0.15, 0.2) is 5.11 Å². The summed E-state index contributed by atoms with van der Waals surface area (Å²) in [7, 11) is 0. The Morgan fingerprint density at radius 1 is 1.09 bits per heavy atom. The van der Waals surface area contributed by atoms with Crippen molar-refractivity contribution in [3.63, 3.8) is 0 Å². The van der Waals surface area contributed by atoms with Crippen LogP contribution in [0.25, 0.3) is 0 Å². The summed E-state index contributed by atoms with van der Waals surface area (Å²) in [6, 6.07) is 0. The van der Waals surface area contributed by atoms with E-state index in [9.17, 15) is 4.79 Å². The maximum absolute atomic E-state index is 11.7. The molecule has 0 aromatic carbocycles. The van der Waals surface area contributed by atoms with Crippen molar-refractivity contribution in [2.45, 2.75) is 78.2 Å². The van der Waals surface area contributed by atoms with Gasteiger partial charge in [0.2, 0.25) is 0 Å². The molecule has 134 valence electrons. The fourth-order valence-corrected chi connectivity index (χ4v) is 2.48. The normalized spacial score (nSPS) is 11.6. The molecule has 0 aliphatic carbocycles. The van der Waals surface area contributed by atoms with Crippen LogP contribution in [0, 0.1) is 0 Å². The molecule has 4 nitrogen and oxygen atoms in total. The largest absolute Gasteiger partial charge is 0.459 e. The molecular weight excluding hydrogens is 308 g/mol. The third-order valence-corrected chi connectivity index (χ3v) is 3.87. The molecule has 0 heterocycles. The van der Waals surface area contributed by atoms with Crippen LogP contribution >= 0.6 is 12.2 Å². The lowest BCUT2D eigenvalue weighted by Crippen LogP contribution is -2.35. The first-order chi connectivity index (χ1) is 11.0. The highest BCUT2D eigenvalue weighted by Gasteiger charge is 2.14. The number of carbonyl (C=O) groups is 1. The minimum atomic E-state index is -0.267. The van der Waals surface area contributed by atoms with Crippen molar-refractivity contribution in [3.05, 3.63) is 12.2 Å². The molecule has 0 aliphatic rings.